The van der Waals surface area contributed by atoms with Gasteiger partial charge in [0.1, 0.15) is 0 Å². The molecule has 0 unspecified atom stereocenters. The zero-order chi connectivity index (χ0) is 13.3. The highest BCUT2D eigenvalue weighted by Crippen LogP contribution is 2.54. The number of methoxy groups -OCH3 is 1. The van der Waals surface area contributed by atoms with E-state index in [9.17, 15) is 13.9 Å². The summed E-state index contributed by atoms with van der Waals surface area (Å²) in [6, 6.07) is 6.73. The average Bonchev–Trinajstić information content (AvgIpc) is 2.26. The molecule has 0 heterocycles. The summed E-state index contributed by atoms with van der Waals surface area (Å²) >= 11 is 0. The summed E-state index contributed by atoms with van der Waals surface area (Å²) in [5, 5.41) is 0. The highest BCUT2D eigenvalue weighted by atomic mass is 32.3. The van der Waals surface area contributed by atoms with Crippen molar-refractivity contribution < 1.29 is 18.6 Å². The highest BCUT2D eigenvalue weighted by molar-refractivity contribution is 8.24. The minimum absolute atomic E-state index is 0.404. The molecule has 0 saturated heterocycles. The van der Waals surface area contributed by atoms with Crippen LogP contribution in [0.3, 0.4) is 0 Å². The number of esters is 1. The van der Waals surface area contributed by atoms with Crippen molar-refractivity contribution in [2.24, 2.45) is 0 Å². The lowest BCUT2D eigenvalue weighted by Gasteiger charge is -2.44. The first kappa shape index (κ1) is 14.0. The molecule has 4 nitrogen and oxygen atoms in total. The van der Waals surface area contributed by atoms with Gasteiger partial charge in [0.05, 0.1) is 17.4 Å². The molecule has 0 saturated carbocycles. The van der Waals surface area contributed by atoms with E-state index in [1.54, 1.807) is 38.1 Å². The predicted molar refractivity (Wildman–Crippen MR) is 69.6 cm³/mol. The number of rotatable bonds is 3. The number of hydrogen-bond acceptors (Lipinski definition) is 4. The van der Waals surface area contributed by atoms with Gasteiger partial charge in [-0.05, 0) is 31.5 Å². The fourth-order valence-corrected chi connectivity index (χ4v) is 1.94. The maximum Gasteiger partial charge on any atom is 0.337 e. The second-order valence-electron chi connectivity index (χ2n) is 4.42. The second-order valence-corrected chi connectivity index (χ2v) is 7.10. The van der Waals surface area contributed by atoms with Crippen LogP contribution in [0, 0.1) is 0 Å². The number of hydrogen-bond donors (Lipinski definition) is 2. The Labute approximate surface area is 103 Å². The zero-order valence-electron chi connectivity index (χ0n) is 10.4. The Bertz CT molecular complexity index is 421. The Morgan fingerprint density at radius 2 is 1.94 bits per heavy atom. The third-order valence-corrected chi connectivity index (χ3v) is 5.11. The van der Waals surface area contributed by atoms with Crippen LogP contribution < -0.4 is 0 Å². The number of ether oxygens (including phenoxy) is 1. The van der Waals surface area contributed by atoms with Gasteiger partial charge in [-0.1, -0.05) is 12.1 Å². The van der Waals surface area contributed by atoms with Crippen molar-refractivity contribution in [3.05, 3.63) is 35.4 Å². The van der Waals surface area contributed by atoms with Gasteiger partial charge < -0.3 is 4.74 Å². The monoisotopic (exact) mass is 258 g/mol. The van der Waals surface area contributed by atoms with Gasteiger partial charge in [0.25, 0.3) is 0 Å². The van der Waals surface area contributed by atoms with E-state index in [0.717, 1.165) is 0 Å². The summed E-state index contributed by atoms with van der Waals surface area (Å²) in [5.41, 5.74) is 1.10. The summed E-state index contributed by atoms with van der Waals surface area (Å²) in [5.74, 6) is -0.435. The molecule has 1 rings (SSSR count). The minimum atomic E-state index is -2.76. The Morgan fingerprint density at radius 1 is 1.35 bits per heavy atom. The van der Waals surface area contributed by atoms with Crippen LogP contribution in [-0.2, 0) is 9.48 Å². The van der Waals surface area contributed by atoms with Gasteiger partial charge in [0, 0.05) is 6.26 Å². The zero-order valence-corrected chi connectivity index (χ0v) is 11.2. The summed E-state index contributed by atoms with van der Waals surface area (Å²) in [4.78, 5) is 11.4. The first-order valence-electron chi connectivity index (χ1n) is 5.12. The van der Waals surface area contributed by atoms with Crippen LogP contribution >= 0.6 is 10.6 Å². The van der Waals surface area contributed by atoms with Crippen molar-refractivity contribution in [3.8, 4) is 0 Å². The molecule has 0 bridgehead atoms. The molecule has 0 atom stereocenters. The van der Waals surface area contributed by atoms with Gasteiger partial charge >= 0.3 is 5.97 Å². The minimum Gasteiger partial charge on any atom is -0.465 e. The smallest absolute Gasteiger partial charge is 0.337 e. The quantitative estimate of drug-likeness (QED) is 0.818. The molecule has 0 fully saturated rings. The van der Waals surface area contributed by atoms with Crippen LogP contribution in [0.25, 0.3) is 0 Å². The van der Waals surface area contributed by atoms with Crippen LogP contribution in [0.2, 0.25) is 0 Å². The molecule has 0 aliphatic carbocycles. The van der Waals surface area contributed by atoms with Crippen molar-refractivity contribution >= 4 is 16.6 Å². The van der Waals surface area contributed by atoms with Crippen molar-refractivity contribution in [1.82, 2.24) is 0 Å². The fraction of sp³-hybridized carbons (Fsp3) is 0.417. The van der Waals surface area contributed by atoms with E-state index < -0.39 is 21.3 Å². The molecule has 0 spiro atoms. The van der Waals surface area contributed by atoms with E-state index in [1.807, 2.05) is 0 Å². The number of carbonyl (C=O) groups excluding carboxylic acids is 1. The maximum atomic E-state index is 11.4. The SMILES string of the molecule is COC(=O)c1cccc(C(C)(C)S(C)(O)O)c1. The van der Waals surface area contributed by atoms with Gasteiger partial charge in [-0.2, -0.15) is 10.6 Å². The Kier molecular flexibility index (Phi) is 3.86. The van der Waals surface area contributed by atoms with Crippen LogP contribution in [-0.4, -0.2) is 28.4 Å². The van der Waals surface area contributed by atoms with Crippen molar-refractivity contribution in [3.63, 3.8) is 0 Å². The Hall–Kier alpha value is -1.04. The standard InChI is InChI=1S/C12H18O4S/c1-12(2,17(4,14)15)10-7-5-6-9(8-10)11(13)16-3/h5-8,14-15H,1-4H3. The van der Waals surface area contributed by atoms with E-state index in [2.05, 4.69) is 4.74 Å². The molecule has 1 aromatic carbocycles. The molecule has 0 aliphatic rings. The van der Waals surface area contributed by atoms with Gasteiger partial charge in [-0.3, -0.25) is 9.11 Å². The third-order valence-electron chi connectivity index (χ3n) is 2.95. The first-order chi connectivity index (χ1) is 7.70. The summed E-state index contributed by atoms with van der Waals surface area (Å²) in [7, 11) is -1.44. The lowest BCUT2D eigenvalue weighted by molar-refractivity contribution is 0.0600. The van der Waals surface area contributed by atoms with Crippen molar-refractivity contribution in [2.75, 3.05) is 13.4 Å². The van der Waals surface area contributed by atoms with E-state index in [-0.39, 0.29) is 0 Å². The fourth-order valence-electron chi connectivity index (χ4n) is 1.36. The lowest BCUT2D eigenvalue weighted by Crippen LogP contribution is -2.25. The molecule has 0 radical (unpaired) electrons. The first-order valence-corrected chi connectivity index (χ1v) is 7.07. The number of benzene rings is 1. The van der Waals surface area contributed by atoms with Gasteiger partial charge in [-0.15, -0.1) is 0 Å². The predicted octanol–water partition coefficient (Wildman–Crippen LogP) is 3.09. The molecular weight excluding hydrogens is 240 g/mol. The number of carbonyl (C=O) groups is 1. The van der Waals surface area contributed by atoms with Gasteiger partial charge in [-0.25, -0.2) is 4.79 Å². The largest absolute Gasteiger partial charge is 0.465 e. The maximum absolute atomic E-state index is 11.4. The normalized spacial score (nSPS) is 13.3. The third kappa shape index (κ3) is 2.80. The summed E-state index contributed by atoms with van der Waals surface area (Å²) in [6.45, 7) is 3.47. The van der Waals surface area contributed by atoms with Crippen LogP contribution in [0.15, 0.2) is 24.3 Å². The van der Waals surface area contributed by atoms with Crippen molar-refractivity contribution in [1.29, 1.82) is 0 Å². The molecule has 1 aromatic rings. The molecular formula is C12H18O4S. The molecule has 0 aliphatic heterocycles. The van der Waals surface area contributed by atoms with E-state index in [0.29, 0.717) is 11.1 Å². The summed E-state index contributed by atoms with van der Waals surface area (Å²) in [6.07, 6.45) is 1.40. The Balaban J connectivity index is 3.21. The Morgan fingerprint density at radius 3 is 2.41 bits per heavy atom. The van der Waals surface area contributed by atoms with Crippen LogP contribution in [0.5, 0.6) is 0 Å². The molecule has 0 aromatic heterocycles. The van der Waals surface area contributed by atoms with E-state index in [1.165, 1.54) is 13.4 Å². The van der Waals surface area contributed by atoms with Gasteiger partial charge in [0.2, 0.25) is 0 Å². The summed E-state index contributed by atoms with van der Waals surface area (Å²) < 4.78 is 23.4. The molecule has 2 N–H and O–H groups in total. The van der Waals surface area contributed by atoms with Gasteiger partial charge in [0.15, 0.2) is 0 Å². The van der Waals surface area contributed by atoms with Crippen LogP contribution in [0.1, 0.15) is 29.8 Å². The molecule has 0 amide bonds. The molecule has 5 heteroatoms. The lowest BCUT2D eigenvalue weighted by atomic mass is 10.00. The molecule has 96 valence electrons. The topological polar surface area (TPSA) is 66.8 Å². The second kappa shape index (κ2) is 4.68. The van der Waals surface area contributed by atoms with E-state index >= 15 is 0 Å². The van der Waals surface area contributed by atoms with E-state index in [4.69, 9.17) is 0 Å². The van der Waals surface area contributed by atoms with Crippen molar-refractivity contribution in [2.45, 2.75) is 18.6 Å². The highest BCUT2D eigenvalue weighted by Gasteiger charge is 2.32. The van der Waals surface area contributed by atoms with Crippen LogP contribution in [0.4, 0.5) is 0 Å². The average molecular weight is 258 g/mol. The molecule has 17 heavy (non-hydrogen) atoms.